The molecule has 4 saturated carbocycles. The van der Waals surface area contributed by atoms with Crippen LogP contribution in [0.5, 0.6) is 5.75 Å². The number of urea groups is 1. The van der Waals surface area contributed by atoms with Crippen molar-refractivity contribution in [3.8, 4) is 5.75 Å². The van der Waals surface area contributed by atoms with Crippen LogP contribution in [0.1, 0.15) is 42.5 Å². The van der Waals surface area contributed by atoms with E-state index in [1.165, 1.54) is 39.2 Å². The average Bonchev–Trinajstić information content (AvgIpc) is 2.69. The van der Waals surface area contributed by atoms with Crippen LogP contribution >= 0.6 is 0 Å². The van der Waals surface area contributed by atoms with Gasteiger partial charge in [0.15, 0.2) is 0 Å². The van der Waals surface area contributed by atoms with Crippen molar-refractivity contribution in [3.63, 3.8) is 0 Å². The van der Waals surface area contributed by atoms with Gasteiger partial charge >= 0.3 is 12.0 Å². The third-order valence-electron chi connectivity index (χ3n) is 6.83. The fraction of sp³-hybridized carbons (Fsp3) is 0.636. The van der Waals surface area contributed by atoms with E-state index in [1.807, 2.05) is 7.05 Å². The van der Waals surface area contributed by atoms with Gasteiger partial charge in [0.2, 0.25) is 0 Å². The first-order valence-electron chi connectivity index (χ1n) is 10.4. The number of rotatable bonds is 6. The van der Waals surface area contributed by atoms with E-state index < -0.39 is 0 Å². The summed E-state index contributed by atoms with van der Waals surface area (Å²) in [5, 5.41) is 3.32. The van der Waals surface area contributed by atoms with Crippen LogP contribution in [0.15, 0.2) is 24.3 Å². The minimum absolute atomic E-state index is 0.00196. The van der Waals surface area contributed by atoms with Gasteiger partial charge in [-0.05, 0) is 80.0 Å². The van der Waals surface area contributed by atoms with E-state index in [0.29, 0.717) is 42.3 Å². The normalized spacial score (nSPS) is 30.0. The summed E-state index contributed by atoms with van der Waals surface area (Å²) in [5.41, 5.74) is 0.488. The van der Waals surface area contributed by atoms with Crippen molar-refractivity contribution in [3.05, 3.63) is 29.8 Å². The van der Waals surface area contributed by atoms with Gasteiger partial charge in [0, 0.05) is 13.1 Å². The lowest BCUT2D eigenvalue weighted by Gasteiger charge is -2.54. The summed E-state index contributed by atoms with van der Waals surface area (Å²) in [6.07, 6.45) is 6.61. The molecule has 0 atom stereocenters. The first-order valence-corrected chi connectivity index (χ1v) is 10.4. The molecule has 6 heteroatoms. The Kier molecular flexibility index (Phi) is 5.47. The molecule has 2 amide bonds. The number of hydrogen-bond acceptors (Lipinski definition) is 4. The molecular formula is C22H30N2O4. The lowest BCUT2D eigenvalue weighted by molar-refractivity contribution is -0.0108. The zero-order valence-electron chi connectivity index (χ0n) is 16.7. The molecule has 0 radical (unpaired) electrons. The Bertz CT molecular complexity index is 690. The predicted molar refractivity (Wildman–Crippen MR) is 105 cm³/mol. The maximum atomic E-state index is 12.6. The van der Waals surface area contributed by atoms with Gasteiger partial charge in [0.05, 0.1) is 19.2 Å². The minimum atomic E-state index is -0.368. The molecule has 4 aliphatic carbocycles. The number of likely N-dealkylation sites (N-methyl/N-ethyl adjacent to an activating group) is 1. The molecule has 5 rings (SSSR count). The number of carbonyl (C=O) groups excluding carboxylic acids is 2. The molecule has 0 heterocycles. The van der Waals surface area contributed by atoms with Crippen LogP contribution in [-0.4, -0.2) is 50.3 Å². The SMILES string of the molecule is COC(=O)c1ccc(OCCN(C)C(=O)NC2C3CC4CC(C3)CC2C4)cc1. The van der Waals surface area contributed by atoms with Crippen LogP contribution in [0.2, 0.25) is 0 Å². The second-order valence-electron chi connectivity index (χ2n) is 8.69. The molecule has 1 aromatic carbocycles. The third kappa shape index (κ3) is 3.96. The number of esters is 1. The number of methoxy groups -OCH3 is 1. The molecular weight excluding hydrogens is 356 g/mol. The zero-order chi connectivity index (χ0) is 19.7. The van der Waals surface area contributed by atoms with Crippen LogP contribution in [0.4, 0.5) is 4.79 Å². The molecule has 4 fully saturated rings. The molecule has 4 aliphatic rings. The number of carbonyl (C=O) groups is 2. The summed E-state index contributed by atoms with van der Waals surface area (Å²) < 4.78 is 10.4. The summed E-state index contributed by atoms with van der Waals surface area (Å²) in [4.78, 5) is 25.8. The number of nitrogens with zero attached hydrogens (tertiary/aromatic N) is 1. The molecule has 1 N–H and O–H groups in total. The topological polar surface area (TPSA) is 67.9 Å². The highest BCUT2D eigenvalue weighted by molar-refractivity contribution is 5.89. The number of amides is 2. The molecule has 0 aliphatic heterocycles. The van der Waals surface area contributed by atoms with Gasteiger partial charge in [-0.25, -0.2) is 9.59 Å². The summed E-state index contributed by atoms with van der Waals surface area (Å²) in [6.45, 7) is 0.918. The summed E-state index contributed by atoms with van der Waals surface area (Å²) in [6, 6.07) is 7.17. The fourth-order valence-electron chi connectivity index (χ4n) is 5.62. The van der Waals surface area contributed by atoms with E-state index in [0.717, 1.165) is 11.8 Å². The Balaban J connectivity index is 1.22. The van der Waals surface area contributed by atoms with Crippen molar-refractivity contribution in [2.45, 2.75) is 38.1 Å². The second kappa shape index (κ2) is 8.02. The summed E-state index contributed by atoms with van der Waals surface area (Å²) in [5.74, 6) is 3.48. The molecule has 0 unspecified atom stereocenters. The molecule has 0 saturated heterocycles. The van der Waals surface area contributed by atoms with E-state index in [1.54, 1.807) is 29.2 Å². The highest BCUT2D eigenvalue weighted by atomic mass is 16.5. The van der Waals surface area contributed by atoms with E-state index in [4.69, 9.17) is 4.74 Å². The van der Waals surface area contributed by atoms with Crippen LogP contribution in [0.25, 0.3) is 0 Å². The monoisotopic (exact) mass is 386 g/mol. The van der Waals surface area contributed by atoms with Crippen LogP contribution < -0.4 is 10.1 Å². The molecule has 0 aromatic heterocycles. The maximum Gasteiger partial charge on any atom is 0.337 e. The minimum Gasteiger partial charge on any atom is -0.492 e. The van der Waals surface area contributed by atoms with Gasteiger partial charge in [-0.1, -0.05) is 0 Å². The average molecular weight is 386 g/mol. The van der Waals surface area contributed by atoms with Crippen molar-refractivity contribution in [1.29, 1.82) is 0 Å². The van der Waals surface area contributed by atoms with E-state index >= 15 is 0 Å². The molecule has 28 heavy (non-hydrogen) atoms. The number of nitrogens with one attached hydrogen (secondary N) is 1. The van der Waals surface area contributed by atoms with Crippen molar-refractivity contribution >= 4 is 12.0 Å². The summed E-state index contributed by atoms with van der Waals surface area (Å²) in [7, 11) is 3.17. The van der Waals surface area contributed by atoms with Crippen LogP contribution in [-0.2, 0) is 4.74 Å². The Morgan fingerprint density at radius 1 is 1.04 bits per heavy atom. The largest absolute Gasteiger partial charge is 0.492 e. The maximum absolute atomic E-state index is 12.6. The van der Waals surface area contributed by atoms with Crippen molar-refractivity contribution < 1.29 is 19.1 Å². The zero-order valence-corrected chi connectivity index (χ0v) is 16.7. The van der Waals surface area contributed by atoms with Gasteiger partial charge in [-0.2, -0.15) is 0 Å². The lowest BCUT2D eigenvalue weighted by atomic mass is 9.54. The second-order valence-corrected chi connectivity index (χ2v) is 8.69. The Morgan fingerprint density at radius 3 is 2.21 bits per heavy atom. The number of ether oxygens (including phenoxy) is 2. The summed E-state index contributed by atoms with van der Waals surface area (Å²) >= 11 is 0. The van der Waals surface area contributed by atoms with E-state index in [2.05, 4.69) is 10.1 Å². The highest BCUT2D eigenvalue weighted by Crippen LogP contribution is 2.53. The Morgan fingerprint density at radius 2 is 1.64 bits per heavy atom. The van der Waals surface area contributed by atoms with Gasteiger partial charge < -0.3 is 19.7 Å². The fourth-order valence-corrected chi connectivity index (χ4v) is 5.62. The van der Waals surface area contributed by atoms with Crippen LogP contribution in [0.3, 0.4) is 0 Å². The van der Waals surface area contributed by atoms with Crippen molar-refractivity contribution in [2.24, 2.45) is 23.7 Å². The molecule has 0 spiro atoms. The standard InChI is InChI=1S/C22H30N2O4/c1-24(7-8-28-19-5-3-16(4-6-19)21(25)27-2)22(26)23-20-17-10-14-9-15(12-17)13-18(20)11-14/h3-6,14-15,17-18,20H,7-13H2,1-2H3,(H,23,26). The van der Waals surface area contributed by atoms with Crippen molar-refractivity contribution in [2.75, 3.05) is 27.3 Å². The number of hydrogen-bond donors (Lipinski definition) is 1. The smallest absolute Gasteiger partial charge is 0.337 e. The van der Waals surface area contributed by atoms with Gasteiger partial charge in [0.1, 0.15) is 12.4 Å². The first kappa shape index (κ1) is 19.1. The Hall–Kier alpha value is -2.24. The quantitative estimate of drug-likeness (QED) is 0.762. The highest BCUT2D eigenvalue weighted by Gasteiger charge is 2.48. The van der Waals surface area contributed by atoms with Crippen LogP contribution in [0, 0.1) is 23.7 Å². The third-order valence-corrected chi connectivity index (χ3v) is 6.83. The number of benzene rings is 1. The molecule has 1 aromatic rings. The van der Waals surface area contributed by atoms with Crippen molar-refractivity contribution in [1.82, 2.24) is 10.2 Å². The van der Waals surface area contributed by atoms with Gasteiger partial charge in [0.25, 0.3) is 0 Å². The molecule has 152 valence electrons. The molecule has 6 nitrogen and oxygen atoms in total. The first-order chi connectivity index (χ1) is 13.5. The lowest BCUT2D eigenvalue weighted by Crippen LogP contribution is -2.57. The molecule has 4 bridgehead atoms. The van der Waals surface area contributed by atoms with E-state index in [-0.39, 0.29) is 12.0 Å². The Labute approximate surface area is 166 Å². The predicted octanol–water partition coefficient (Wildman–Crippen LogP) is 3.32. The van der Waals surface area contributed by atoms with Gasteiger partial charge in [-0.15, -0.1) is 0 Å². The van der Waals surface area contributed by atoms with Gasteiger partial charge in [-0.3, -0.25) is 0 Å². The van der Waals surface area contributed by atoms with E-state index in [9.17, 15) is 9.59 Å².